The molecule has 0 bridgehead atoms. The summed E-state index contributed by atoms with van der Waals surface area (Å²) in [4.78, 5) is 26.7. The number of thiophene rings is 1. The minimum Gasteiger partial charge on any atom is -0.401 e. The number of allylic oxidation sites excluding steroid dienone is 2. The Morgan fingerprint density at radius 2 is 2.03 bits per heavy atom. The van der Waals surface area contributed by atoms with E-state index in [4.69, 9.17) is 16.5 Å². The first kappa shape index (κ1) is 23.8. The number of Topliss-reactive ketones (excluding diaryl/α,β-unsaturated/α-hetero) is 1. The topological polar surface area (TPSA) is 134 Å². The lowest BCUT2D eigenvalue weighted by atomic mass is 9.62. The smallest absolute Gasteiger partial charge is 0.226 e. The number of carbonyl (C=O) groups is 1. The lowest BCUT2D eigenvalue weighted by Gasteiger charge is -2.42. The van der Waals surface area contributed by atoms with E-state index in [-0.39, 0.29) is 11.8 Å². The van der Waals surface area contributed by atoms with Crippen LogP contribution in [0.3, 0.4) is 0 Å². The van der Waals surface area contributed by atoms with Gasteiger partial charge in [-0.15, -0.1) is 11.3 Å². The molecule has 35 heavy (non-hydrogen) atoms. The normalized spacial score (nSPS) is 24.7. The van der Waals surface area contributed by atoms with E-state index in [1.165, 1.54) is 11.3 Å². The molecule has 1 aliphatic heterocycles. The van der Waals surface area contributed by atoms with Gasteiger partial charge in [-0.05, 0) is 77.0 Å². The second kappa shape index (κ2) is 9.25. The number of nitrogens with zero attached hydrogens (tertiary/aromatic N) is 4. The quantitative estimate of drug-likeness (QED) is 0.557. The summed E-state index contributed by atoms with van der Waals surface area (Å²) in [6.45, 7) is 6.72. The number of nitriles is 1. The zero-order chi connectivity index (χ0) is 24.7. The van der Waals surface area contributed by atoms with Crippen LogP contribution in [0.25, 0.3) is 0 Å². The molecule has 5 rings (SSSR count). The second-order valence-corrected chi connectivity index (χ2v) is 11.2. The lowest BCUT2D eigenvalue weighted by molar-refractivity contribution is 0.101. The van der Waals surface area contributed by atoms with Gasteiger partial charge in [0.15, 0.2) is 0 Å². The molecule has 0 aromatic carbocycles. The lowest BCUT2D eigenvalue weighted by Crippen LogP contribution is -2.41. The van der Waals surface area contributed by atoms with Crippen LogP contribution in [-0.4, -0.2) is 41.4 Å². The van der Waals surface area contributed by atoms with Crippen LogP contribution in [0, 0.1) is 18.3 Å². The van der Waals surface area contributed by atoms with Crippen molar-refractivity contribution in [2.45, 2.75) is 70.3 Å². The van der Waals surface area contributed by atoms with Crippen molar-refractivity contribution in [2.24, 2.45) is 5.73 Å². The number of aromatic nitrogens is 2. The molecular weight excluding hydrogens is 458 g/mol. The predicted octanol–water partition coefficient (Wildman–Crippen LogP) is 3.34. The van der Waals surface area contributed by atoms with Crippen molar-refractivity contribution in [1.82, 2.24) is 15.3 Å². The number of rotatable bonds is 3. The van der Waals surface area contributed by atoms with Gasteiger partial charge in [0.1, 0.15) is 16.8 Å². The Morgan fingerprint density at radius 1 is 1.26 bits per heavy atom. The minimum atomic E-state index is -0.494. The van der Waals surface area contributed by atoms with E-state index in [9.17, 15) is 10.1 Å². The highest BCUT2D eigenvalue weighted by molar-refractivity contribution is 7.16. The summed E-state index contributed by atoms with van der Waals surface area (Å²) in [6.07, 6.45) is 6.00. The molecule has 3 heterocycles. The maximum Gasteiger partial charge on any atom is 0.226 e. The van der Waals surface area contributed by atoms with Crippen LogP contribution in [0.4, 0.5) is 10.9 Å². The number of anilines is 2. The van der Waals surface area contributed by atoms with Crippen LogP contribution < -0.4 is 21.7 Å². The number of nitrogens with one attached hydrogen (secondary N) is 1. The number of nitrogens with two attached hydrogens (primary N) is 2. The number of aryl methyl sites for hydroxylation is 2. The third kappa shape index (κ3) is 3.99. The fourth-order valence-corrected chi connectivity index (χ4v) is 7.27. The highest BCUT2D eigenvalue weighted by Crippen LogP contribution is 2.53. The van der Waals surface area contributed by atoms with Crippen LogP contribution in [0.2, 0.25) is 0 Å². The van der Waals surface area contributed by atoms with Gasteiger partial charge < -0.3 is 21.7 Å². The van der Waals surface area contributed by atoms with E-state index < -0.39 is 5.41 Å². The number of carbonyl (C=O) groups excluding carboxylic acids is 1. The summed E-state index contributed by atoms with van der Waals surface area (Å²) in [5.41, 5.74) is 16.5. The van der Waals surface area contributed by atoms with Crippen LogP contribution >= 0.6 is 11.3 Å². The molecular formula is C26H33N7OS. The maximum atomic E-state index is 13.9. The van der Waals surface area contributed by atoms with Crippen molar-refractivity contribution in [3.8, 4) is 6.07 Å². The molecule has 0 amide bonds. The van der Waals surface area contributed by atoms with Gasteiger partial charge in [-0.25, -0.2) is 9.97 Å². The molecule has 0 saturated carbocycles. The Kier molecular flexibility index (Phi) is 6.28. The molecule has 2 aliphatic carbocycles. The van der Waals surface area contributed by atoms with Gasteiger partial charge >= 0.3 is 0 Å². The SMILES string of the molecule is Cc1cc(C(=O)C2=C(N)[C@@]3(CCC2)CCCc2sc(N)c(C#N)c23)nc(N2CCCNC[C@@H]2C)n1. The van der Waals surface area contributed by atoms with Crippen molar-refractivity contribution in [3.63, 3.8) is 0 Å². The van der Waals surface area contributed by atoms with E-state index >= 15 is 0 Å². The van der Waals surface area contributed by atoms with Crippen molar-refractivity contribution < 1.29 is 4.79 Å². The van der Waals surface area contributed by atoms with E-state index in [0.29, 0.717) is 39.9 Å². The van der Waals surface area contributed by atoms with E-state index in [2.05, 4.69) is 28.2 Å². The molecule has 184 valence electrons. The molecule has 1 saturated heterocycles. The van der Waals surface area contributed by atoms with E-state index in [0.717, 1.165) is 74.3 Å². The number of fused-ring (bicyclic) bond motifs is 2. The van der Waals surface area contributed by atoms with E-state index in [1.54, 1.807) is 6.07 Å². The number of hydrogen-bond acceptors (Lipinski definition) is 9. The summed E-state index contributed by atoms with van der Waals surface area (Å²) in [5.74, 6) is 0.481. The maximum absolute atomic E-state index is 13.9. The number of ketones is 1. The Hall–Kier alpha value is -2.96. The summed E-state index contributed by atoms with van der Waals surface area (Å²) < 4.78 is 0. The number of nitrogen functional groups attached to an aromatic ring is 1. The van der Waals surface area contributed by atoms with Gasteiger partial charge in [-0.2, -0.15) is 5.26 Å². The molecule has 0 radical (unpaired) electrons. The molecule has 3 aliphatic rings. The molecule has 9 heteroatoms. The van der Waals surface area contributed by atoms with Crippen LogP contribution in [0.15, 0.2) is 17.3 Å². The third-order valence-electron chi connectivity index (χ3n) is 7.81. The fraction of sp³-hybridized carbons (Fsp3) is 0.538. The molecule has 1 spiro atoms. The van der Waals surface area contributed by atoms with Gasteiger partial charge in [-0.1, -0.05) is 0 Å². The Morgan fingerprint density at radius 3 is 2.80 bits per heavy atom. The highest BCUT2D eigenvalue weighted by atomic mass is 32.1. The van der Waals surface area contributed by atoms with Gasteiger partial charge in [0.25, 0.3) is 0 Å². The first-order valence-corrected chi connectivity index (χ1v) is 13.4. The summed E-state index contributed by atoms with van der Waals surface area (Å²) in [5, 5.41) is 13.9. The molecule has 0 unspecified atom stereocenters. The molecule has 2 aromatic rings. The Balaban J connectivity index is 1.57. The average Bonchev–Trinajstić information content (AvgIpc) is 3.02. The van der Waals surface area contributed by atoms with Crippen molar-refractivity contribution in [2.75, 3.05) is 30.3 Å². The van der Waals surface area contributed by atoms with Gasteiger partial charge in [0.2, 0.25) is 11.7 Å². The van der Waals surface area contributed by atoms with Crippen molar-refractivity contribution in [1.29, 1.82) is 5.26 Å². The van der Waals surface area contributed by atoms with Crippen molar-refractivity contribution >= 4 is 28.1 Å². The summed E-state index contributed by atoms with van der Waals surface area (Å²) >= 11 is 1.50. The average molecular weight is 492 g/mol. The largest absolute Gasteiger partial charge is 0.401 e. The molecule has 5 N–H and O–H groups in total. The highest BCUT2D eigenvalue weighted by Gasteiger charge is 2.46. The Bertz CT molecular complexity index is 1240. The molecule has 1 fully saturated rings. The predicted molar refractivity (Wildman–Crippen MR) is 139 cm³/mol. The standard InChI is InChI=1S/C26H33N7OS/c1-15-12-19(32-25(31-15)33-11-5-10-30-14-16(33)2)22(34)17-6-3-8-26(23(17)28)9-4-7-20-21(26)18(13-27)24(29)35-20/h12,16,30H,3-11,14,28-29H2,1-2H3/t16-,26-/m0/s1. The zero-order valence-electron chi connectivity index (χ0n) is 20.5. The van der Waals surface area contributed by atoms with Gasteiger partial charge in [0.05, 0.1) is 5.56 Å². The monoisotopic (exact) mass is 491 g/mol. The first-order valence-electron chi connectivity index (χ1n) is 12.5. The van der Waals surface area contributed by atoms with Crippen LogP contribution in [0.5, 0.6) is 0 Å². The van der Waals surface area contributed by atoms with Crippen LogP contribution in [0.1, 0.15) is 77.6 Å². The molecule has 8 nitrogen and oxygen atoms in total. The van der Waals surface area contributed by atoms with Crippen LogP contribution in [-0.2, 0) is 11.8 Å². The van der Waals surface area contributed by atoms with Gasteiger partial charge in [0, 0.05) is 46.4 Å². The van der Waals surface area contributed by atoms with Crippen molar-refractivity contribution in [3.05, 3.63) is 44.7 Å². The third-order valence-corrected chi connectivity index (χ3v) is 8.89. The summed E-state index contributed by atoms with van der Waals surface area (Å²) in [7, 11) is 0. The molecule has 2 aromatic heterocycles. The minimum absolute atomic E-state index is 0.122. The first-order chi connectivity index (χ1) is 16.9. The summed E-state index contributed by atoms with van der Waals surface area (Å²) in [6, 6.07) is 4.33. The Labute approximate surface area is 210 Å². The number of hydrogen-bond donors (Lipinski definition) is 3. The molecule has 2 atom stereocenters. The van der Waals surface area contributed by atoms with E-state index in [1.807, 2.05) is 6.92 Å². The van der Waals surface area contributed by atoms with Gasteiger partial charge in [-0.3, -0.25) is 4.79 Å². The second-order valence-electron chi connectivity index (χ2n) is 10.1. The zero-order valence-corrected chi connectivity index (χ0v) is 21.3. The fourth-order valence-electron chi connectivity index (χ4n) is 6.11.